The number of piperazine rings is 1. The Morgan fingerprint density at radius 2 is 1.61 bits per heavy atom. The van der Waals surface area contributed by atoms with Crippen molar-refractivity contribution in [1.29, 1.82) is 0 Å². The summed E-state index contributed by atoms with van der Waals surface area (Å²) in [6, 6.07) is 15.8. The molecular weight excluding hydrogens is 420 g/mol. The fourth-order valence-electron chi connectivity index (χ4n) is 3.62. The van der Waals surface area contributed by atoms with Crippen LogP contribution in [0.15, 0.2) is 67.0 Å². The van der Waals surface area contributed by atoms with Gasteiger partial charge in [-0.3, -0.25) is 14.5 Å². The van der Waals surface area contributed by atoms with E-state index in [1.54, 1.807) is 74.1 Å². The number of hydrogen-bond donors (Lipinski definition) is 2. The molecule has 1 aromatic heterocycles. The van der Waals surface area contributed by atoms with E-state index in [0.717, 1.165) is 26.2 Å². The van der Waals surface area contributed by atoms with Crippen molar-refractivity contribution in [1.82, 2.24) is 14.9 Å². The summed E-state index contributed by atoms with van der Waals surface area (Å²) in [4.78, 5) is 38.3. The molecule has 0 unspecified atom stereocenters. The highest BCUT2D eigenvalue weighted by atomic mass is 16.5. The molecule has 4 rings (SSSR count). The standard InChI is InChI=1S/C24H26N6O3/c1-33-19-9-7-18(8-10-19)27-23(32)20-5-2-3-6-21(20)28-22(31)17-29-13-15-30(16-14-29)24-25-11-4-12-26-24/h2-12H,13-17H2,1H3,(H,27,32)(H,28,31). The van der Waals surface area contributed by atoms with Gasteiger partial charge >= 0.3 is 0 Å². The number of amides is 2. The van der Waals surface area contributed by atoms with Crippen molar-refractivity contribution in [3.05, 3.63) is 72.6 Å². The molecule has 1 aliphatic rings. The molecule has 33 heavy (non-hydrogen) atoms. The average molecular weight is 447 g/mol. The van der Waals surface area contributed by atoms with Crippen molar-refractivity contribution in [2.24, 2.45) is 0 Å². The van der Waals surface area contributed by atoms with Gasteiger partial charge in [-0.25, -0.2) is 9.97 Å². The number of rotatable bonds is 7. The fourth-order valence-corrected chi connectivity index (χ4v) is 3.62. The highest BCUT2D eigenvalue weighted by Gasteiger charge is 2.21. The van der Waals surface area contributed by atoms with E-state index in [-0.39, 0.29) is 18.4 Å². The van der Waals surface area contributed by atoms with Gasteiger partial charge in [0.1, 0.15) is 5.75 Å². The Balaban J connectivity index is 1.32. The Morgan fingerprint density at radius 3 is 2.30 bits per heavy atom. The zero-order chi connectivity index (χ0) is 23.0. The molecule has 2 N–H and O–H groups in total. The van der Waals surface area contributed by atoms with Crippen LogP contribution in [-0.2, 0) is 4.79 Å². The lowest BCUT2D eigenvalue weighted by Crippen LogP contribution is -2.49. The minimum atomic E-state index is -0.299. The lowest BCUT2D eigenvalue weighted by molar-refractivity contribution is -0.117. The number of nitrogens with one attached hydrogen (secondary N) is 2. The summed E-state index contributed by atoms with van der Waals surface area (Å²) in [5.41, 5.74) is 1.51. The summed E-state index contributed by atoms with van der Waals surface area (Å²) >= 11 is 0. The molecule has 3 aromatic rings. The van der Waals surface area contributed by atoms with Gasteiger partial charge in [0, 0.05) is 44.3 Å². The third-order valence-corrected chi connectivity index (χ3v) is 5.37. The first-order valence-corrected chi connectivity index (χ1v) is 10.7. The molecule has 2 amide bonds. The summed E-state index contributed by atoms with van der Waals surface area (Å²) in [6.07, 6.45) is 3.45. The molecule has 2 aromatic carbocycles. The van der Waals surface area contributed by atoms with Crippen LogP contribution in [0.25, 0.3) is 0 Å². The van der Waals surface area contributed by atoms with E-state index in [0.29, 0.717) is 28.6 Å². The first kappa shape index (κ1) is 22.2. The maximum atomic E-state index is 12.8. The summed E-state index contributed by atoms with van der Waals surface area (Å²) in [7, 11) is 1.59. The van der Waals surface area contributed by atoms with E-state index in [9.17, 15) is 9.59 Å². The maximum absolute atomic E-state index is 12.8. The Morgan fingerprint density at radius 1 is 0.909 bits per heavy atom. The zero-order valence-electron chi connectivity index (χ0n) is 18.4. The predicted octanol–water partition coefficient (Wildman–Crippen LogP) is 2.50. The molecule has 1 aliphatic heterocycles. The SMILES string of the molecule is COc1ccc(NC(=O)c2ccccc2NC(=O)CN2CCN(c3ncccn3)CC2)cc1. The molecule has 9 heteroatoms. The van der Waals surface area contributed by atoms with E-state index in [2.05, 4.69) is 30.4 Å². The molecule has 9 nitrogen and oxygen atoms in total. The van der Waals surface area contributed by atoms with Gasteiger partial charge in [-0.1, -0.05) is 12.1 Å². The molecule has 0 bridgehead atoms. The first-order valence-electron chi connectivity index (χ1n) is 10.7. The average Bonchev–Trinajstić information content (AvgIpc) is 2.86. The number of methoxy groups -OCH3 is 1. The Bertz CT molecular complexity index is 1080. The van der Waals surface area contributed by atoms with Crippen LogP contribution in [-0.4, -0.2) is 66.5 Å². The van der Waals surface area contributed by atoms with Crippen LogP contribution in [0, 0.1) is 0 Å². The van der Waals surface area contributed by atoms with Gasteiger partial charge in [-0.2, -0.15) is 0 Å². The predicted molar refractivity (Wildman–Crippen MR) is 127 cm³/mol. The van der Waals surface area contributed by atoms with Gasteiger partial charge in [0.25, 0.3) is 5.91 Å². The van der Waals surface area contributed by atoms with Crippen molar-refractivity contribution in [3.8, 4) is 5.75 Å². The third-order valence-electron chi connectivity index (χ3n) is 5.37. The van der Waals surface area contributed by atoms with Gasteiger partial charge in [-0.15, -0.1) is 0 Å². The van der Waals surface area contributed by atoms with Crippen molar-refractivity contribution >= 4 is 29.1 Å². The van der Waals surface area contributed by atoms with E-state index in [4.69, 9.17) is 4.74 Å². The second-order valence-corrected chi connectivity index (χ2v) is 7.59. The number of benzene rings is 2. The van der Waals surface area contributed by atoms with Crippen LogP contribution in [0.3, 0.4) is 0 Å². The van der Waals surface area contributed by atoms with Crippen LogP contribution in [0.1, 0.15) is 10.4 Å². The fraction of sp³-hybridized carbons (Fsp3) is 0.250. The number of nitrogens with zero attached hydrogens (tertiary/aromatic N) is 4. The zero-order valence-corrected chi connectivity index (χ0v) is 18.4. The Hall–Kier alpha value is -3.98. The minimum Gasteiger partial charge on any atom is -0.497 e. The van der Waals surface area contributed by atoms with E-state index < -0.39 is 0 Å². The van der Waals surface area contributed by atoms with Crippen LogP contribution in [0.2, 0.25) is 0 Å². The summed E-state index contributed by atoms with van der Waals surface area (Å²) in [5.74, 6) is 0.952. The molecular formula is C24H26N6O3. The van der Waals surface area contributed by atoms with E-state index in [1.807, 2.05) is 0 Å². The van der Waals surface area contributed by atoms with Gasteiger partial charge in [0.2, 0.25) is 11.9 Å². The van der Waals surface area contributed by atoms with E-state index in [1.165, 1.54) is 0 Å². The topological polar surface area (TPSA) is 99.7 Å². The second kappa shape index (κ2) is 10.6. The lowest BCUT2D eigenvalue weighted by Gasteiger charge is -2.34. The number of carbonyl (C=O) groups is 2. The third kappa shape index (κ3) is 5.83. The molecule has 1 fully saturated rings. The van der Waals surface area contributed by atoms with E-state index >= 15 is 0 Å². The molecule has 2 heterocycles. The van der Waals surface area contributed by atoms with Crippen molar-refractivity contribution in [3.63, 3.8) is 0 Å². The quantitative estimate of drug-likeness (QED) is 0.575. The largest absolute Gasteiger partial charge is 0.497 e. The van der Waals surface area contributed by atoms with Crippen molar-refractivity contribution < 1.29 is 14.3 Å². The first-order chi connectivity index (χ1) is 16.1. The summed E-state index contributed by atoms with van der Waals surface area (Å²) in [6.45, 7) is 3.20. The number of ether oxygens (including phenoxy) is 1. The molecule has 0 spiro atoms. The molecule has 0 radical (unpaired) electrons. The molecule has 0 saturated carbocycles. The monoisotopic (exact) mass is 446 g/mol. The normalized spacial score (nSPS) is 13.9. The van der Waals surface area contributed by atoms with Crippen LogP contribution >= 0.6 is 0 Å². The Kier molecular flexibility index (Phi) is 7.11. The number of aromatic nitrogens is 2. The lowest BCUT2D eigenvalue weighted by atomic mass is 10.1. The summed E-state index contributed by atoms with van der Waals surface area (Å²) in [5, 5.41) is 5.74. The second-order valence-electron chi connectivity index (χ2n) is 7.59. The number of carbonyl (C=O) groups excluding carboxylic acids is 2. The van der Waals surface area contributed by atoms with Crippen molar-refractivity contribution in [2.45, 2.75) is 0 Å². The minimum absolute atomic E-state index is 0.163. The molecule has 0 aliphatic carbocycles. The highest BCUT2D eigenvalue weighted by molar-refractivity contribution is 6.10. The molecule has 0 atom stereocenters. The Labute approximate surface area is 192 Å². The van der Waals surface area contributed by atoms with Crippen LogP contribution in [0.4, 0.5) is 17.3 Å². The van der Waals surface area contributed by atoms with Gasteiger partial charge < -0.3 is 20.3 Å². The molecule has 170 valence electrons. The van der Waals surface area contributed by atoms with Crippen LogP contribution in [0.5, 0.6) is 5.75 Å². The molecule has 1 saturated heterocycles. The van der Waals surface area contributed by atoms with Gasteiger partial charge in [-0.05, 0) is 42.5 Å². The smallest absolute Gasteiger partial charge is 0.257 e. The summed E-state index contributed by atoms with van der Waals surface area (Å²) < 4.78 is 5.14. The number of anilines is 3. The maximum Gasteiger partial charge on any atom is 0.257 e. The van der Waals surface area contributed by atoms with Gasteiger partial charge in [0.05, 0.1) is 24.9 Å². The number of para-hydroxylation sites is 1. The van der Waals surface area contributed by atoms with Crippen molar-refractivity contribution in [2.75, 3.05) is 55.4 Å². The van der Waals surface area contributed by atoms with Gasteiger partial charge in [0.15, 0.2) is 0 Å². The highest BCUT2D eigenvalue weighted by Crippen LogP contribution is 2.20. The van der Waals surface area contributed by atoms with Crippen LogP contribution < -0.4 is 20.3 Å². The number of hydrogen-bond acceptors (Lipinski definition) is 7.